The molecular weight excluding hydrogens is 620 g/mol. The summed E-state index contributed by atoms with van der Waals surface area (Å²) < 4.78 is 12.2. The maximum absolute atomic E-state index is 14.6. The molecule has 10 nitrogen and oxygen atoms in total. The summed E-state index contributed by atoms with van der Waals surface area (Å²) in [4.78, 5) is 50.2. The number of aromatic nitrogens is 1. The van der Waals surface area contributed by atoms with Crippen molar-refractivity contribution in [2.45, 2.75) is 87.9 Å². The number of carboxylic acid groups (broad SMARTS) is 1. The van der Waals surface area contributed by atoms with E-state index in [4.69, 9.17) is 14.5 Å². The minimum absolute atomic E-state index is 0.0628. The van der Waals surface area contributed by atoms with Crippen LogP contribution in [0.5, 0.6) is 11.5 Å². The first-order valence-electron chi connectivity index (χ1n) is 17.8. The second kappa shape index (κ2) is 14.2. The van der Waals surface area contributed by atoms with Gasteiger partial charge in [-0.25, -0.2) is 9.78 Å². The number of carboxylic acids is 1. The molecule has 49 heavy (non-hydrogen) atoms. The smallest absolute Gasteiger partial charge is 0.330 e. The van der Waals surface area contributed by atoms with E-state index >= 15 is 0 Å². The zero-order valence-electron chi connectivity index (χ0n) is 28.2. The number of hydrogen-bond acceptors (Lipinski definition) is 7. The van der Waals surface area contributed by atoms with Crippen LogP contribution in [-0.4, -0.2) is 88.1 Å². The summed E-state index contributed by atoms with van der Waals surface area (Å²) in [5, 5.41) is 13.9. The van der Waals surface area contributed by atoms with Gasteiger partial charge in [0, 0.05) is 35.4 Å². The zero-order chi connectivity index (χ0) is 34.0. The van der Waals surface area contributed by atoms with Gasteiger partial charge in [-0.1, -0.05) is 61.7 Å². The molecular formula is C39H46N4O6. The lowest BCUT2D eigenvalue weighted by molar-refractivity contribution is -0.146. The fourth-order valence-corrected chi connectivity index (χ4v) is 7.90. The number of carbonyl (C=O) groups is 3. The van der Waals surface area contributed by atoms with E-state index in [-0.39, 0.29) is 30.8 Å². The summed E-state index contributed by atoms with van der Waals surface area (Å²) in [6, 6.07) is 16.3. The van der Waals surface area contributed by atoms with E-state index in [0.29, 0.717) is 23.4 Å². The van der Waals surface area contributed by atoms with Gasteiger partial charge < -0.3 is 24.8 Å². The number of likely N-dealkylation sites (tertiary alicyclic amines) is 1. The van der Waals surface area contributed by atoms with Gasteiger partial charge in [-0.05, 0) is 63.7 Å². The lowest BCUT2D eigenvalue weighted by atomic mass is 10.0. The largest absolute Gasteiger partial charge is 0.497 e. The van der Waals surface area contributed by atoms with Crippen LogP contribution in [0.3, 0.4) is 0 Å². The van der Waals surface area contributed by atoms with Crippen molar-refractivity contribution in [1.29, 1.82) is 0 Å². The van der Waals surface area contributed by atoms with Gasteiger partial charge in [0.25, 0.3) is 0 Å². The number of nitrogens with zero attached hydrogens (tertiary/aromatic N) is 3. The second-order valence-corrected chi connectivity index (χ2v) is 14.0. The highest BCUT2D eigenvalue weighted by Crippen LogP contribution is 2.45. The van der Waals surface area contributed by atoms with Crippen LogP contribution in [0.4, 0.5) is 0 Å². The summed E-state index contributed by atoms with van der Waals surface area (Å²) in [6.07, 6.45) is 11.8. The number of ether oxygens (including phenoxy) is 2. The normalized spacial score (nSPS) is 28.8. The van der Waals surface area contributed by atoms with Crippen molar-refractivity contribution in [1.82, 2.24) is 20.1 Å². The van der Waals surface area contributed by atoms with E-state index in [1.54, 1.807) is 12.0 Å². The molecule has 1 aliphatic carbocycles. The number of hydrogen-bond donors (Lipinski definition) is 2. The van der Waals surface area contributed by atoms with Gasteiger partial charge in [0.2, 0.25) is 11.8 Å². The van der Waals surface area contributed by atoms with Crippen molar-refractivity contribution in [3.05, 3.63) is 66.7 Å². The Balaban J connectivity index is 1.23. The van der Waals surface area contributed by atoms with Gasteiger partial charge >= 0.3 is 5.97 Å². The maximum Gasteiger partial charge on any atom is 0.330 e. The molecule has 2 saturated heterocycles. The molecule has 2 amide bonds. The fraction of sp³-hybridized carbons (Fsp3) is 0.487. The first-order chi connectivity index (χ1) is 23.9. The van der Waals surface area contributed by atoms with Crippen LogP contribution in [0, 0.1) is 5.92 Å². The number of amides is 2. The molecule has 3 aromatic rings. The van der Waals surface area contributed by atoms with E-state index in [0.717, 1.165) is 81.1 Å². The Morgan fingerprint density at radius 1 is 0.980 bits per heavy atom. The number of carbonyl (C=O) groups excluding carboxylic acids is 2. The molecule has 0 unspecified atom stereocenters. The maximum atomic E-state index is 14.6. The number of nitrogens with one attached hydrogen (secondary N) is 1. The highest BCUT2D eigenvalue weighted by atomic mass is 16.5. The molecule has 4 heterocycles. The van der Waals surface area contributed by atoms with Gasteiger partial charge in [-0.3, -0.25) is 14.5 Å². The number of fused-ring (bicyclic) bond motifs is 3. The summed E-state index contributed by atoms with van der Waals surface area (Å²) >= 11 is 0. The van der Waals surface area contributed by atoms with E-state index in [1.807, 2.05) is 60.7 Å². The summed E-state index contributed by atoms with van der Waals surface area (Å²) in [5.41, 5.74) is 1.03. The van der Waals surface area contributed by atoms with Crippen LogP contribution in [-0.2, 0) is 14.4 Å². The van der Waals surface area contributed by atoms with Crippen LogP contribution in [0.2, 0.25) is 0 Å². The molecule has 5 atom stereocenters. The number of allylic oxidation sites excluding steroid dienone is 1. The van der Waals surface area contributed by atoms with Crippen molar-refractivity contribution in [2.24, 2.45) is 5.92 Å². The van der Waals surface area contributed by atoms with Gasteiger partial charge in [0.1, 0.15) is 29.2 Å². The first-order valence-corrected chi connectivity index (χ1v) is 17.8. The molecule has 3 fully saturated rings. The van der Waals surface area contributed by atoms with Crippen LogP contribution in [0.1, 0.15) is 64.2 Å². The van der Waals surface area contributed by atoms with E-state index < -0.39 is 29.6 Å². The predicted molar refractivity (Wildman–Crippen MR) is 186 cm³/mol. The van der Waals surface area contributed by atoms with Gasteiger partial charge in [-0.2, -0.15) is 0 Å². The monoisotopic (exact) mass is 666 g/mol. The Morgan fingerprint density at radius 3 is 2.55 bits per heavy atom. The third-order valence-corrected chi connectivity index (χ3v) is 10.8. The van der Waals surface area contributed by atoms with Gasteiger partial charge in [0.05, 0.1) is 30.9 Å². The third-order valence-electron chi connectivity index (χ3n) is 10.8. The first kappa shape index (κ1) is 33.1. The minimum Gasteiger partial charge on any atom is -0.497 e. The second-order valence-electron chi connectivity index (χ2n) is 14.0. The lowest BCUT2D eigenvalue weighted by Gasteiger charge is -2.37. The molecule has 0 spiro atoms. The standard InChI is InChI=1S/C39H46N4O6/c1-48-28-17-18-30-32(21-28)40-31(26-13-7-5-8-14-26)23-35(30)49-29-22-34-36(44)41-39(38(46)47)24-27(39)15-9-3-2-4-10-16-33(37(45)43(34)25-29)42-19-11-6-12-20-42/h5,7-9,13-15,17-18,21,23,27,29,33-34H,2-4,6,10-12,16,19-20,22,24-25H2,1H3,(H,41,44)(H,46,47)/b15-9-/t27-,29-,33+,34+,39-/m1/s1. The lowest BCUT2D eigenvalue weighted by Crippen LogP contribution is -2.56. The average Bonchev–Trinajstić information content (AvgIpc) is 3.66. The molecule has 1 aromatic heterocycles. The Bertz CT molecular complexity index is 1720. The number of piperidine rings is 1. The molecule has 3 aliphatic heterocycles. The van der Waals surface area contributed by atoms with Crippen LogP contribution >= 0.6 is 0 Å². The van der Waals surface area contributed by atoms with Crippen molar-refractivity contribution in [3.63, 3.8) is 0 Å². The number of methoxy groups -OCH3 is 1. The van der Waals surface area contributed by atoms with Gasteiger partial charge in [-0.15, -0.1) is 0 Å². The Morgan fingerprint density at radius 2 is 1.78 bits per heavy atom. The number of aliphatic carboxylic acids is 1. The molecule has 7 rings (SSSR count). The van der Waals surface area contributed by atoms with Crippen molar-refractivity contribution in [2.75, 3.05) is 26.7 Å². The molecule has 258 valence electrons. The molecule has 4 aliphatic rings. The quantitative estimate of drug-likeness (QED) is 0.327. The topological polar surface area (TPSA) is 121 Å². The van der Waals surface area contributed by atoms with Crippen molar-refractivity contribution >= 4 is 28.7 Å². The van der Waals surface area contributed by atoms with Crippen LogP contribution < -0.4 is 14.8 Å². The molecule has 10 heteroatoms. The van der Waals surface area contributed by atoms with Crippen LogP contribution in [0.25, 0.3) is 22.2 Å². The minimum atomic E-state index is -1.35. The van der Waals surface area contributed by atoms with E-state index in [2.05, 4.69) is 16.3 Å². The van der Waals surface area contributed by atoms with E-state index in [1.165, 1.54) is 0 Å². The highest BCUT2D eigenvalue weighted by molar-refractivity contribution is 5.96. The molecule has 2 aromatic carbocycles. The molecule has 0 bridgehead atoms. The van der Waals surface area contributed by atoms with E-state index in [9.17, 15) is 19.5 Å². The Hall–Kier alpha value is -4.44. The molecule has 1 saturated carbocycles. The number of rotatable bonds is 6. The Kier molecular flexibility index (Phi) is 9.58. The predicted octanol–water partition coefficient (Wildman–Crippen LogP) is 5.59. The molecule has 2 N–H and O–H groups in total. The summed E-state index contributed by atoms with van der Waals surface area (Å²) in [7, 11) is 1.62. The fourth-order valence-electron chi connectivity index (χ4n) is 7.90. The number of benzene rings is 2. The van der Waals surface area contributed by atoms with Gasteiger partial charge in [0.15, 0.2) is 0 Å². The Labute approximate surface area is 287 Å². The molecule has 0 radical (unpaired) electrons. The zero-order valence-corrected chi connectivity index (χ0v) is 28.2. The summed E-state index contributed by atoms with van der Waals surface area (Å²) in [6.45, 7) is 1.95. The summed E-state index contributed by atoms with van der Waals surface area (Å²) in [5.74, 6) is -0.522. The SMILES string of the molecule is COc1ccc2c(O[C@@H]3C[C@H]4C(=O)N[C@]5(C(=O)O)C[C@H]5/C=C\CCCCC[C@H](N5CCCCC5)C(=O)N4C3)cc(-c3ccccc3)nc2c1. The third kappa shape index (κ3) is 6.88. The highest BCUT2D eigenvalue weighted by Gasteiger charge is 2.61. The van der Waals surface area contributed by atoms with Crippen LogP contribution in [0.15, 0.2) is 66.7 Å². The average molecular weight is 667 g/mol. The van der Waals surface area contributed by atoms with Crippen molar-refractivity contribution in [3.8, 4) is 22.8 Å². The van der Waals surface area contributed by atoms with Crippen molar-refractivity contribution < 1.29 is 29.0 Å². The number of pyridine rings is 1.